The molecule has 2 aromatic carbocycles. The van der Waals surface area contributed by atoms with E-state index in [0.29, 0.717) is 0 Å². The zero-order valence-corrected chi connectivity index (χ0v) is 21.7. The van der Waals surface area contributed by atoms with Crippen molar-refractivity contribution in [1.29, 1.82) is 0 Å². The Bertz CT molecular complexity index is 1110. The van der Waals surface area contributed by atoms with Gasteiger partial charge in [-0.2, -0.15) is 0 Å². The first-order chi connectivity index (χ1) is 17.7. The smallest absolute Gasteiger partial charge is 0.223 e. The monoisotopic (exact) mass is 487 g/mol. The third-order valence-electron chi connectivity index (χ3n) is 7.97. The lowest BCUT2D eigenvalue weighted by Crippen LogP contribution is -2.45. The third kappa shape index (κ3) is 6.36. The van der Waals surface area contributed by atoms with Crippen molar-refractivity contribution in [3.63, 3.8) is 0 Å². The van der Waals surface area contributed by atoms with E-state index in [1.54, 1.807) is 0 Å². The molecule has 1 amide bonds. The molecule has 0 saturated carbocycles. The molecule has 6 nitrogen and oxygen atoms in total. The van der Waals surface area contributed by atoms with Gasteiger partial charge in [0.15, 0.2) is 0 Å². The van der Waals surface area contributed by atoms with Gasteiger partial charge in [0.05, 0.1) is 0 Å². The highest BCUT2D eigenvalue weighted by molar-refractivity contribution is 5.81. The number of nitrogens with one attached hydrogen (secondary N) is 1. The number of para-hydroxylation sites is 1. The summed E-state index contributed by atoms with van der Waals surface area (Å²) in [6.45, 7) is 10.3. The quantitative estimate of drug-likeness (QED) is 0.468. The van der Waals surface area contributed by atoms with Gasteiger partial charge in [0.1, 0.15) is 0 Å². The number of hydrogen-bond donors (Lipinski definition) is 1. The van der Waals surface area contributed by atoms with Gasteiger partial charge in [0.25, 0.3) is 0 Å². The molecular formula is C30H41N5O. The summed E-state index contributed by atoms with van der Waals surface area (Å²) >= 11 is 0. The van der Waals surface area contributed by atoms with E-state index in [0.717, 1.165) is 84.7 Å². The summed E-state index contributed by atoms with van der Waals surface area (Å²) < 4.78 is 2.46. The number of carbonyl (C=O) groups is 1. The molecule has 2 aliphatic heterocycles. The fourth-order valence-electron chi connectivity index (χ4n) is 5.66. The van der Waals surface area contributed by atoms with Crippen molar-refractivity contribution in [2.45, 2.75) is 32.4 Å². The van der Waals surface area contributed by atoms with E-state index in [2.05, 4.69) is 92.3 Å². The Balaban J connectivity index is 1.10. The predicted molar refractivity (Wildman–Crippen MR) is 147 cm³/mol. The van der Waals surface area contributed by atoms with E-state index in [9.17, 15) is 4.79 Å². The lowest BCUT2D eigenvalue weighted by Gasteiger charge is -2.32. The molecule has 1 aromatic heterocycles. The molecule has 36 heavy (non-hydrogen) atoms. The van der Waals surface area contributed by atoms with Crippen LogP contribution < -0.4 is 5.32 Å². The number of likely N-dealkylation sites (tertiary alicyclic amines) is 1. The molecule has 0 unspecified atom stereocenters. The molecule has 0 atom stereocenters. The minimum absolute atomic E-state index is 0.153. The summed E-state index contributed by atoms with van der Waals surface area (Å²) in [7, 11) is 2.19. The Hall–Kier alpha value is -2.67. The number of piperidine rings is 1. The number of nitrogens with zero attached hydrogens (tertiary/aromatic N) is 4. The first kappa shape index (κ1) is 25.0. The van der Waals surface area contributed by atoms with Gasteiger partial charge in [0.2, 0.25) is 5.91 Å². The van der Waals surface area contributed by atoms with E-state index in [1.165, 1.54) is 22.2 Å². The predicted octanol–water partition coefficient (Wildman–Crippen LogP) is 3.66. The van der Waals surface area contributed by atoms with Crippen LogP contribution in [0.2, 0.25) is 0 Å². The van der Waals surface area contributed by atoms with Gasteiger partial charge >= 0.3 is 0 Å². The second-order valence-electron chi connectivity index (χ2n) is 10.6. The van der Waals surface area contributed by atoms with Crippen molar-refractivity contribution in [2.24, 2.45) is 5.92 Å². The fourth-order valence-corrected chi connectivity index (χ4v) is 5.66. The Morgan fingerprint density at radius 2 is 1.58 bits per heavy atom. The van der Waals surface area contributed by atoms with E-state index in [-0.39, 0.29) is 11.8 Å². The third-order valence-corrected chi connectivity index (χ3v) is 7.97. The normalized spacial score (nSPS) is 18.6. The SMILES string of the molecule is CN1CCN(CCCNC(=O)C2CCN(Cc3cc4ccccc4n3Cc3ccccc3)CC2)CC1. The highest BCUT2D eigenvalue weighted by atomic mass is 16.1. The van der Waals surface area contributed by atoms with Gasteiger partial charge in [-0.1, -0.05) is 48.5 Å². The second kappa shape index (κ2) is 12.0. The van der Waals surface area contributed by atoms with Crippen LogP contribution in [0.15, 0.2) is 60.7 Å². The van der Waals surface area contributed by atoms with Crippen LogP contribution in [0.25, 0.3) is 10.9 Å². The number of fused-ring (bicyclic) bond motifs is 1. The van der Waals surface area contributed by atoms with Crippen molar-refractivity contribution < 1.29 is 4.79 Å². The summed E-state index contributed by atoms with van der Waals surface area (Å²) in [6.07, 6.45) is 2.94. The standard InChI is InChI=1S/C30H41N5O/c1-32-18-20-33(21-19-32)15-7-14-31-30(36)26-12-16-34(17-13-26)24-28-22-27-10-5-6-11-29(27)35(28)23-25-8-3-2-4-9-25/h2-6,8-11,22,26H,7,12-21,23-24H2,1H3,(H,31,36). The molecule has 5 rings (SSSR count). The number of benzene rings is 2. The van der Waals surface area contributed by atoms with Gasteiger partial charge in [0, 0.05) is 62.9 Å². The molecule has 1 N–H and O–H groups in total. The maximum Gasteiger partial charge on any atom is 0.223 e. The number of aromatic nitrogens is 1. The molecule has 2 fully saturated rings. The van der Waals surface area contributed by atoms with Gasteiger partial charge in [-0.3, -0.25) is 9.69 Å². The molecule has 2 saturated heterocycles. The summed E-state index contributed by atoms with van der Waals surface area (Å²) in [5.41, 5.74) is 3.97. The number of rotatable bonds is 9. The second-order valence-corrected chi connectivity index (χ2v) is 10.6. The number of piperazine rings is 1. The molecule has 0 bridgehead atoms. The van der Waals surface area contributed by atoms with Gasteiger partial charge < -0.3 is 19.7 Å². The van der Waals surface area contributed by atoms with Crippen LogP contribution in [-0.2, 0) is 17.9 Å². The average molecular weight is 488 g/mol. The average Bonchev–Trinajstić information content (AvgIpc) is 3.25. The number of hydrogen-bond acceptors (Lipinski definition) is 4. The molecule has 0 radical (unpaired) electrons. The lowest BCUT2D eigenvalue weighted by molar-refractivity contribution is -0.126. The van der Waals surface area contributed by atoms with Crippen LogP contribution in [0.4, 0.5) is 0 Å². The maximum absolute atomic E-state index is 12.8. The summed E-state index contributed by atoms with van der Waals surface area (Å²) in [6, 6.07) is 21.7. The van der Waals surface area contributed by atoms with E-state index < -0.39 is 0 Å². The molecule has 0 spiro atoms. The number of amides is 1. The van der Waals surface area contributed by atoms with Crippen LogP contribution in [0.3, 0.4) is 0 Å². The molecule has 6 heteroatoms. The summed E-state index contributed by atoms with van der Waals surface area (Å²) in [5, 5.41) is 4.52. The summed E-state index contributed by atoms with van der Waals surface area (Å²) in [5.74, 6) is 0.409. The molecule has 192 valence electrons. The van der Waals surface area contributed by atoms with Crippen LogP contribution >= 0.6 is 0 Å². The Morgan fingerprint density at radius 1 is 0.861 bits per heavy atom. The Labute approximate surface area is 215 Å². The van der Waals surface area contributed by atoms with Crippen LogP contribution in [0, 0.1) is 5.92 Å². The van der Waals surface area contributed by atoms with Gasteiger partial charge in [-0.25, -0.2) is 0 Å². The first-order valence-electron chi connectivity index (χ1n) is 13.7. The van der Waals surface area contributed by atoms with Crippen molar-refractivity contribution in [2.75, 3.05) is 59.4 Å². The zero-order valence-electron chi connectivity index (χ0n) is 21.7. The van der Waals surface area contributed by atoms with Crippen molar-refractivity contribution >= 4 is 16.8 Å². The Morgan fingerprint density at radius 3 is 2.36 bits per heavy atom. The minimum atomic E-state index is 0.153. The Kier molecular flexibility index (Phi) is 8.36. The first-order valence-corrected chi connectivity index (χ1v) is 13.7. The van der Waals surface area contributed by atoms with Crippen LogP contribution in [-0.4, -0.2) is 84.6 Å². The van der Waals surface area contributed by atoms with E-state index in [1.807, 2.05) is 0 Å². The van der Waals surface area contributed by atoms with Gasteiger partial charge in [-0.15, -0.1) is 0 Å². The minimum Gasteiger partial charge on any atom is -0.356 e. The number of likely N-dealkylation sites (N-methyl/N-ethyl adjacent to an activating group) is 1. The molecule has 2 aliphatic rings. The lowest BCUT2D eigenvalue weighted by atomic mass is 9.95. The highest BCUT2D eigenvalue weighted by Gasteiger charge is 2.25. The molecule has 3 aromatic rings. The van der Waals surface area contributed by atoms with E-state index in [4.69, 9.17) is 0 Å². The fraction of sp³-hybridized carbons (Fsp3) is 0.500. The molecule has 0 aliphatic carbocycles. The summed E-state index contributed by atoms with van der Waals surface area (Å²) in [4.78, 5) is 20.2. The zero-order chi connectivity index (χ0) is 24.7. The number of carbonyl (C=O) groups excluding carboxylic acids is 1. The molecular weight excluding hydrogens is 446 g/mol. The topological polar surface area (TPSA) is 43.8 Å². The molecule has 3 heterocycles. The van der Waals surface area contributed by atoms with Crippen molar-refractivity contribution in [1.82, 2.24) is 24.6 Å². The maximum atomic E-state index is 12.8. The van der Waals surface area contributed by atoms with Crippen LogP contribution in [0.5, 0.6) is 0 Å². The highest BCUT2D eigenvalue weighted by Crippen LogP contribution is 2.25. The van der Waals surface area contributed by atoms with Gasteiger partial charge in [-0.05, 0) is 69.0 Å². The van der Waals surface area contributed by atoms with Crippen molar-refractivity contribution in [3.8, 4) is 0 Å². The largest absolute Gasteiger partial charge is 0.356 e. The van der Waals surface area contributed by atoms with Crippen molar-refractivity contribution in [3.05, 3.63) is 71.9 Å². The van der Waals surface area contributed by atoms with Crippen LogP contribution in [0.1, 0.15) is 30.5 Å². The van der Waals surface area contributed by atoms with E-state index >= 15 is 0 Å².